The second-order valence-electron chi connectivity index (χ2n) is 5.09. The summed E-state index contributed by atoms with van der Waals surface area (Å²) in [6, 6.07) is 9.37. The van der Waals surface area contributed by atoms with E-state index < -0.39 is 0 Å². The smallest absolute Gasteiger partial charge is 0.243 e. The minimum absolute atomic E-state index is 0.109. The summed E-state index contributed by atoms with van der Waals surface area (Å²) in [5, 5.41) is 8.96. The van der Waals surface area contributed by atoms with Crippen LogP contribution in [0.1, 0.15) is 26.2 Å². The summed E-state index contributed by atoms with van der Waals surface area (Å²) >= 11 is 0. The van der Waals surface area contributed by atoms with E-state index in [4.69, 9.17) is 4.74 Å². The van der Waals surface area contributed by atoms with E-state index in [0.717, 1.165) is 44.7 Å². The Balaban J connectivity index is 2.12. The zero-order chi connectivity index (χ0) is 16.8. The Morgan fingerprint density at radius 3 is 2.57 bits per heavy atom. The maximum absolute atomic E-state index is 11.8. The van der Waals surface area contributed by atoms with Crippen molar-refractivity contribution in [2.75, 3.05) is 38.7 Å². The summed E-state index contributed by atoms with van der Waals surface area (Å²) in [4.78, 5) is 15.9. The summed E-state index contributed by atoms with van der Waals surface area (Å²) < 4.78 is 5.49. The molecule has 0 radical (unpaired) electrons. The molecule has 3 N–H and O–H groups in total. The molecule has 6 heteroatoms. The van der Waals surface area contributed by atoms with E-state index in [2.05, 4.69) is 27.9 Å². The molecule has 0 saturated heterocycles. The van der Waals surface area contributed by atoms with E-state index in [9.17, 15) is 4.79 Å². The Hall–Kier alpha value is -2.08. The van der Waals surface area contributed by atoms with E-state index >= 15 is 0 Å². The Morgan fingerprint density at radius 2 is 1.87 bits per heavy atom. The predicted octanol–water partition coefficient (Wildman–Crippen LogP) is 2.00. The number of amides is 1. The highest BCUT2D eigenvalue weighted by molar-refractivity contribution is 5.94. The van der Waals surface area contributed by atoms with Crippen LogP contribution in [0.25, 0.3) is 0 Å². The Morgan fingerprint density at radius 1 is 1.13 bits per heavy atom. The summed E-state index contributed by atoms with van der Waals surface area (Å²) in [5.74, 6) is 0.504. The molecule has 0 unspecified atom stereocenters. The van der Waals surface area contributed by atoms with Crippen LogP contribution in [0.3, 0.4) is 0 Å². The first-order chi connectivity index (χ1) is 11.3. The van der Waals surface area contributed by atoms with Crippen molar-refractivity contribution in [2.24, 2.45) is 4.99 Å². The van der Waals surface area contributed by atoms with Gasteiger partial charge < -0.3 is 20.7 Å². The first-order valence-corrected chi connectivity index (χ1v) is 8.13. The molecule has 0 aliphatic carbocycles. The maximum Gasteiger partial charge on any atom is 0.243 e. The van der Waals surface area contributed by atoms with Gasteiger partial charge in [0.25, 0.3) is 0 Å². The monoisotopic (exact) mass is 320 g/mol. The topological polar surface area (TPSA) is 74.8 Å². The van der Waals surface area contributed by atoms with Crippen molar-refractivity contribution in [1.29, 1.82) is 0 Å². The molecule has 0 fully saturated rings. The lowest BCUT2D eigenvalue weighted by molar-refractivity contribution is -0.115. The average Bonchev–Trinajstić information content (AvgIpc) is 2.57. The number of nitrogens with zero attached hydrogens (tertiary/aromatic N) is 1. The quantitative estimate of drug-likeness (QED) is 0.350. The molecular weight excluding hydrogens is 292 g/mol. The second kappa shape index (κ2) is 12.5. The number of benzene rings is 1. The summed E-state index contributed by atoms with van der Waals surface area (Å²) in [6.07, 6.45) is 3.16. The number of hydrogen-bond acceptors (Lipinski definition) is 3. The minimum Gasteiger partial charge on any atom is -0.381 e. The third kappa shape index (κ3) is 9.52. The molecule has 0 saturated carbocycles. The summed E-state index contributed by atoms with van der Waals surface area (Å²) in [6.45, 7) is 4.63. The van der Waals surface area contributed by atoms with Gasteiger partial charge in [0.2, 0.25) is 5.91 Å². The van der Waals surface area contributed by atoms with Gasteiger partial charge in [-0.2, -0.15) is 0 Å². The molecule has 0 aliphatic heterocycles. The van der Waals surface area contributed by atoms with Crippen LogP contribution in [0.4, 0.5) is 5.69 Å². The number of guanidine groups is 1. The Bertz CT molecular complexity index is 463. The van der Waals surface area contributed by atoms with Crippen molar-refractivity contribution in [2.45, 2.75) is 26.2 Å². The number of ether oxygens (including phenoxy) is 1. The molecule has 0 atom stereocenters. The zero-order valence-electron chi connectivity index (χ0n) is 14.1. The molecule has 0 heterocycles. The molecule has 0 aromatic heterocycles. The van der Waals surface area contributed by atoms with Crippen molar-refractivity contribution in [3.05, 3.63) is 30.3 Å². The molecule has 6 nitrogen and oxygen atoms in total. The van der Waals surface area contributed by atoms with Crippen LogP contribution in [0.2, 0.25) is 0 Å². The molecule has 1 amide bonds. The van der Waals surface area contributed by atoms with Gasteiger partial charge in [-0.05, 0) is 25.0 Å². The van der Waals surface area contributed by atoms with E-state index in [1.54, 1.807) is 7.05 Å². The van der Waals surface area contributed by atoms with Gasteiger partial charge in [0, 0.05) is 32.5 Å². The first kappa shape index (κ1) is 19.0. The molecule has 23 heavy (non-hydrogen) atoms. The lowest BCUT2D eigenvalue weighted by Crippen LogP contribution is -2.41. The Kier molecular flexibility index (Phi) is 10.3. The second-order valence-corrected chi connectivity index (χ2v) is 5.09. The largest absolute Gasteiger partial charge is 0.381 e. The van der Waals surface area contributed by atoms with Gasteiger partial charge in [-0.25, -0.2) is 0 Å². The molecule has 0 bridgehead atoms. The van der Waals surface area contributed by atoms with Gasteiger partial charge >= 0.3 is 0 Å². The third-order valence-corrected chi connectivity index (χ3v) is 3.10. The normalized spacial score (nSPS) is 11.1. The highest BCUT2D eigenvalue weighted by atomic mass is 16.5. The lowest BCUT2D eigenvalue weighted by atomic mass is 10.3. The van der Waals surface area contributed by atoms with Crippen molar-refractivity contribution >= 4 is 17.6 Å². The van der Waals surface area contributed by atoms with Crippen LogP contribution in [0.15, 0.2) is 35.3 Å². The van der Waals surface area contributed by atoms with Gasteiger partial charge in [0.15, 0.2) is 5.96 Å². The number of aliphatic imine (C=N–C) groups is 1. The third-order valence-electron chi connectivity index (χ3n) is 3.10. The zero-order valence-corrected chi connectivity index (χ0v) is 14.1. The predicted molar refractivity (Wildman–Crippen MR) is 94.8 cm³/mol. The van der Waals surface area contributed by atoms with Gasteiger partial charge in [0.05, 0.1) is 6.54 Å². The van der Waals surface area contributed by atoms with Crippen LogP contribution < -0.4 is 16.0 Å². The number of carbonyl (C=O) groups is 1. The van der Waals surface area contributed by atoms with Crippen LogP contribution in [-0.2, 0) is 9.53 Å². The van der Waals surface area contributed by atoms with E-state index in [0.29, 0.717) is 5.96 Å². The molecule has 1 aromatic carbocycles. The molecule has 0 spiro atoms. The fourth-order valence-electron chi connectivity index (χ4n) is 1.84. The van der Waals surface area contributed by atoms with Crippen LogP contribution in [-0.4, -0.2) is 45.2 Å². The molecule has 128 valence electrons. The number of unbranched alkanes of at least 4 members (excludes halogenated alkanes) is 1. The number of hydrogen-bond donors (Lipinski definition) is 3. The molecule has 1 aromatic rings. The molecule has 0 aliphatic rings. The Labute approximate surface area is 138 Å². The van der Waals surface area contributed by atoms with Crippen LogP contribution >= 0.6 is 0 Å². The maximum atomic E-state index is 11.8. The number of rotatable bonds is 10. The fraction of sp³-hybridized carbons (Fsp3) is 0.529. The highest BCUT2D eigenvalue weighted by Gasteiger charge is 2.03. The highest BCUT2D eigenvalue weighted by Crippen LogP contribution is 2.03. The minimum atomic E-state index is -0.109. The van der Waals surface area contributed by atoms with Crippen molar-refractivity contribution < 1.29 is 9.53 Å². The number of carbonyl (C=O) groups excluding carboxylic acids is 1. The average molecular weight is 320 g/mol. The van der Waals surface area contributed by atoms with Crippen LogP contribution in [0, 0.1) is 0 Å². The molecule has 1 rings (SSSR count). The SMILES string of the molecule is CCCCOCCCNC(=NC)NCC(=O)Nc1ccccc1. The molecular formula is C17H28N4O2. The fourth-order valence-corrected chi connectivity index (χ4v) is 1.84. The van der Waals surface area contributed by atoms with Gasteiger partial charge in [0.1, 0.15) is 0 Å². The summed E-state index contributed by atoms with van der Waals surface area (Å²) in [7, 11) is 1.68. The number of anilines is 1. The number of nitrogens with one attached hydrogen (secondary N) is 3. The van der Waals surface area contributed by atoms with Gasteiger partial charge in [-0.1, -0.05) is 31.5 Å². The van der Waals surface area contributed by atoms with Crippen molar-refractivity contribution in [3.8, 4) is 0 Å². The lowest BCUT2D eigenvalue weighted by Gasteiger charge is -2.12. The van der Waals surface area contributed by atoms with Crippen molar-refractivity contribution in [1.82, 2.24) is 10.6 Å². The summed E-state index contributed by atoms with van der Waals surface area (Å²) in [5.41, 5.74) is 0.784. The van der Waals surface area contributed by atoms with Crippen molar-refractivity contribution in [3.63, 3.8) is 0 Å². The van der Waals surface area contributed by atoms with E-state index in [1.165, 1.54) is 0 Å². The van der Waals surface area contributed by atoms with Gasteiger partial charge in [-0.15, -0.1) is 0 Å². The standard InChI is InChI=1S/C17H28N4O2/c1-3-4-12-23-13-8-11-19-17(18-2)20-14-16(22)21-15-9-6-5-7-10-15/h5-7,9-10H,3-4,8,11-14H2,1-2H3,(H,21,22)(H2,18,19,20). The first-order valence-electron chi connectivity index (χ1n) is 8.13. The van der Waals surface area contributed by atoms with E-state index in [1.807, 2.05) is 30.3 Å². The van der Waals surface area contributed by atoms with Gasteiger partial charge in [-0.3, -0.25) is 9.79 Å². The number of para-hydroxylation sites is 1. The van der Waals surface area contributed by atoms with Crippen LogP contribution in [0.5, 0.6) is 0 Å². The van der Waals surface area contributed by atoms with E-state index in [-0.39, 0.29) is 12.5 Å².